The number of benzene rings is 1. The summed E-state index contributed by atoms with van der Waals surface area (Å²) in [5.41, 5.74) is 1.65. The lowest BCUT2D eigenvalue weighted by atomic mass is 9.97. The van der Waals surface area contributed by atoms with Crippen LogP contribution in [-0.4, -0.2) is 31.1 Å². The standard InChI is InChI=1S/C14H16N4.2ClH/c15-6-5-14(18-9-7-17-8-10-18)13-4-2-1-3-12(13)11-16;;/h1-4,14,17H,5,7-10H2;2*1H/t14-;;/m0../s1. The molecular weight excluding hydrogens is 295 g/mol. The summed E-state index contributed by atoms with van der Waals surface area (Å²) in [5.74, 6) is 0. The zero-order valence-electron chi connectivity index (χ0n) is 11.1. The first kappa shape index (κ1) is 18.7. The molecule has 0 amide bonds. The van der Waals surface area contributed by atoms with Crippen molar-refractivity contribution in [3.8, 4) is 12.1 Å². The highest BCUT2D eigenvalue weighted by molar-refractivity contribution is 5.85. The molecule has 0 unspecified atom stereocenters. The van der Waals surface area contributed by atoms with Crippen LogP contribution in [-0.2, 0) is 0 Å². The quantitative estimate of drug-likeness (QED) is 0.930. The van der Waals surface area contributed by atoms with Gasteiger partial charge in [-0.1, -0.05) is 18.2 Å². The molecule has 6 heteroatoms. The fraction of sp³-hybridized carbons (Fsp3) is 0.429. The van der Waals surface area contributed by atoms with Crippen LogP contribution in [0, 0.1) is 22.7 Å². The third-order valence-corrected chi connectivity index (χ3v) is 3.32. The van der Waals surface area contributed by atoms with Crippen molar-refractivity contribution in [2.24, 2.45) is 0 Å². The van der Waals surface area contributed by atoms with E-state index in [-0.39, 0.29) is 30.9 Å². The number of halogens is 2. The number of hydrogen-bond acceptors (Lipinski definition) is 4. The molecule has 2 rings (SSSR count). The summed E-state index contributed by atoms with van der Waals surface area (Å²) in [4.78, 5) is 2.29. The number of nitriles is 2. The normalized spacial score (nSPS) is 15.9. The van der Waals surface area contributed by atoms with Crippen LogP contribution in [0.1, 0.15) is 23.6 Å². The van der Waals surface area contributed by atoms with Crippen LogP contribution in [0.15, 0.2) is 24.3 Å². The molecule has 1 aliphatic rings. The fourth-order valence-corrected chi connectivity index (χ4v) is 2.41. The van der Waals surface area contributed by atoms with E-state index in [1.54, 1.807) is 0 Å². The van der Waals surface area contributed by atoms with Crippen molar-refractivity contribution in [1.82, 2.24) is 10.2 Å². The lowest BCUT2D eigenvalue weighted by Gasteiger charge is -2.34. The number of nitrogens with one attached hydrogen (secondary N) is 1. The molecule has 0 spiro atoms. The van der Waals surface area contributed by atoms with Crippen LogP contribution < -0.4 is 5.32 Å². The highest BCUT2D eigenvalue weighted by Crippen LogP contribution is 2.26. The minimum absolute atomic E-state index is 0. The molecule has 0 saturated carbocycles. The van der Waals surface area contributed by atoms with Crippen molar-refractivity contribution in [3.05, 3.63) is 35.4 Å². The summed E-state index contributed by atoms with van der Waals surface area (Å²) in [7, 11) is 0. The maximum atomic E-state index is 9.17. The van der Waals surface area contributed by atoms with E-state index in [1.807, 2.05) is 24.3 Å². The Balaban J connectivity index is 0.00000180. The second-order valence-corrected chi connectivity index (χ2v) is 4.36. The molecule has 1 atom stereocenters. The minimum atomic E-state index is 0. The van der Waals surface area contributed by atoms with Gasteiger partial charge in [0.15, 0.2) is 0 Å². The number of rotatable bonds is 3. The predicted octanol–water partition coefficient (Wildman–Crippen LogP) is 2.26. The average Bonchev–Trinajstić information content (AvgIpc) is 2.46. The maximum absolute atomic E-state index is 9.17. The maximum Gasteiger partial charge on any atom is 0.0995 e. The zero-order chi connectivity index (χ0) is 12.8. The van der Waals surface area contributed by atoms with E-state index < -0.39 is 0 Å². The van der Waals surface area contributed by atoms with Gasteiger partial charge in [0.2, 0.25) is 0 Å². The van der Waals surface area contributed by atoms with Crippen LogP contribution in [0.5, 0.6) is 0 Å². The van der Waals surface area contributed by atoms with Crippen LogP contribution in [0.4, 0.5) is 0 Å². The molecule has 108 valence electrons. The highest BCUT2D eigenvalue weighted by atomic mass is 35.5. The third-order valence-electron chi connectivity index (χ3n) is 3.32. The molecule has 1 fully saturated rings. The minimum Gasteiger partial charge on any atom is -0.314 e. The number of piperazine rings is 1. The first-order chi connectivity index (χ1) is 8.86. The summed E-state index contributed by atoms with van der Waals surface area (Å²) in [6.07, 6.45) is 0.429. The Kier molecular flexibility index (Phi) is 8.96. The molecule has 20 heavy (non-hydrogen) atoms. The van der Waals surface area contributed by atoms with Gasteiger partial charge in [0.25, 0.3) is 0 Å². The Morgan fingerprint density at radius 3 is 2.40 bits per heavy atom. The topological polar surface area (TPSA) is 62.9 Å². The van der Waals surface area contributed by atoms with Gasteiger partial charge in [-0.2, -0.15) is 10.5 Å². The molecule has 1 aromatic rings. The molecule has 0 aliphatic carbocycles. The molecule has 1 heterocycles. The van der Waals surface area contributed by atoms with Gasteiger partial charge in [0, 0.05) is 32.2 Å². The largest absolute Gasteiger partial charge is 0.314 e. The van der Waals surface area contributed by atoms with E-state index in [1.165, 1.54) is 0 Å². The molecule has 1 aliphatic heterocycles. The smallest absolute Gasteiger partial charge is 0.0995 e. The molecule has 4 nitrogen and oxygen atoms in total. The number of nitrogens with zero attached hydrogens (tertiary/aromatic N) is 3. The van der Waals surface area contributed by atoms with Gasteiger partial charge in [0.1, 0.15) is 0 Å². The van der Waals surface area contributed by atoms with Gasteiger partial charge < -0.3 is 5.32 Å². The second kappa shape index (κ2) is 9.58. The monoisotopic (exact) mass is 312 g/mol. The third kappa shape index (κ3) is 4.37. The van der Waals surface area contributed by atoms with Crippen molar-refractivity contribution in [1.29, 1.82) is 10.5 Å². The van der Waals surface area contributed by atoms with Crippen LogP contribution in [0.2, 0.25) is 0 Å². The fourth-order valence-electron chi connectivity index (χ4n) is 2.41. The molecule has 1 aromatic carbocycles. The Morgan fingerprint density at radius 2 is 1.80 bits per heavy atom. The van der Waals surface area contributed by atoms with Crippen molar-refractivity contribution in [2.75, 3.05) is 26.2 Å². The van der Waals surface area contributed by atoms with E-state index >= 15 is 0 Å². The SMILES string of the molecule is Cl.Cl.N#CC[C@@H](c1ccccc1C#N)N1CCNCC1. The zero-order valence-corrected chi connectivity index (χ0v) is 12.7. The number of hydrogen-bond donors (Lipinski definition) is 1. The van der Waals surface area contributed by atoms with E-state index in [0.29, 0.717) is 12.0 Å². The summed E-state index contributed by atoms with van der Waals surface area (Å²) in [6.45, 7) is 3.73. The van der Waals surface area contributed by atoms with Crippen LogP contribution in [0.3, 0.4) is 0 Å². The lowest BCUT2D eigenvalue weighted by Crippen LogP contribution is -2.45. The first-order valence-electron chi connectivity index (χ1n) is 6.17. The summed E-state index contributed by atoms with van der Waals surface area (Å²) in [6, 6.07) is 12.1. The summed E-state index contributed by atoms with van der Waals surface area (Å²) in [5, 5.41) is 21.5. The van der Waals surface area contributed by atoms with Gasteiger partial charge in [-0.15, -0.1) is 24.8 Å². The Hall–Kier alpha value is -1.30. The van der Waals surface area contributed by atoms with E-state index in [4.69, 9.17) is 5.26 Å². The van der Waals surface area contributed by atoms with E-state index in [9.17, 15) is 5.26 Å². The van der Waals surface area contributed by atoms with Crippen molar-refractivity contribution in [3.63, 3.8) is 0 Å². The first-order valence-corrected chi connectivity index (χ1v) is 6.17. The molecular formula is C14H18Cl2N4. The summed E-state index contributed by atoms with van der Waals surface area (Å²) >= 11 is 0. The van der Waals surface area contributed by atoms with Crippen molar-refractivity contribution in [2.45, 2.75) is 12.5 Å². The molecule has 1 saturated heterocycles. The van der Waals surface area contributed by atoms with E-state index in [2.05, 4.69) is 22.4 Å². The van der Waals surface area contributed by atoms with Gasteiger partial charge >= 0.3 is 0 Å². The van der Waals surface area contributed by atoms with Gasteiger partial charge in [-0.3, -0.25) is 4.90 Å². The van der Waals surface area contributed by atoms with Crippen molar-refractivity contribution < 1.29 is 0 Å². The average molecular weight is 313 g/mol. The van der Waals surface area contributed by atoms with Crippen LogP contribution >= 0.6 is 24.8 Å². The predicted molar refractivity (Wildman–Crippen MR) is 83.1 cm³/mol. The molecule has 0 radical (unpaired) electrons. The van der Waals surface area contributed by atoms with Gasteiger partial charge in [-0.25, -0.2) is 0 Å². The lowest BCUT2D eigenvalue weighted by molar-refractivity contribution is 0.175. The molecule has 1 N–H and O–H groups in total. The van der Waals surface area contributed by atoms with Crippen LogP contribution in [0.25, 0.3) is 0 Å². The Bertz CT molecular complexity index is 487. The van der Waals surface area contributed by atoms with E-state index in [0.717, 1.165) is 31.7 Å². The Morgan fingerprint density at radius 1 is 1.15 bits per heavy atom. The summed E-state index contributed by atoms with van der Waals surface area (Å²) < 4.78 is 0. The Labute approximate surface area is 132 Å². The molecule has 0 bridgehead atoms. The van der Waals surface area contributed by atoms with Crippen molar-refractivity contribution >= 4 is 24.8 Å². The van der Waals surface area contributed by atoms with Gasteiger partial charge in [-0.05, 0) is 11.6 Å². The van der Waals surface area contributed by atoms with Gasteiger partial charge in [0.05, 0.1) is 24.1 Å². The highest BCUT2D eigenvalue weighted by Gasteiger charge is 2.23. The molecule has 0 aromatic heterocycles. The second-order valence-electron chi connectivity index (χ2n) is 4.36.